The molecule has 0 aliphatic rings. The first-order valence-corrected chi connectivity index (χ1v) is 4.15. The predicted molar refractivity (Wildman–Crippen MR) is 44.0 cm³/mol. The Kier molecular flexibility index (Phi) is 2.28. The molecule has 0 spiro atoms. The largest absolute Gasteiger partial charge is 0.323 e. The van der Waals surface area contributed by atoms with Crippen LogP contribution in [0.2, 0.25) is 0 Å². The number of ketones is 1. The third kappa shape index (κ3) is 1.59. The number of H-pyrrole nitrogens is 2. The van der Waals surface area contributed by atoms with Crippen molar-refractivity contribution in [1.82, 2.24) is 9.97 Å². The van der Waals surface area contributed by atoms with Gasteiger partial charge in [0.1, 0.15) is 5.69 Å². The van der Waals surface area contributed by atoms with Crippen molar-refractivity contribution in [3.05, 3.63) is 21.9 Å². The van der Waals surface area contributed by atoms with Gasteiger partial charge in [0.15, 0.2) is 5.78 Å². The SMILES string of the molecule is CC(=O)c1[nH]c(=O)[nH]c1CBr. The minimum atomic E-state index is -0.343. The summed E-state index contributed by atoms with van der Waals surface area (Å²) >= 11 is 3.15. The fraction of sp³-hybridized carbons (Fsp3) is 0.333. The number of carbonyl (C=O) groups is 1. The molecule has 60 valence electrons. The van der Waals surface area contributed by atoms with Crippen LogP contribution in [0.25, 0.3) is 0 Å². The number of rotatable bonds is 2. The number of hydrogen-bond donors (Lipinski definition) is 2. The van der Waals surface area contributed by atoms with Gasteiger partial charge in [0.05, 0.1) is 5.69 Å². The molecule has 0 aliphatic carbocycles. The quantitative estimate of drug-likeness (QED) is 0.570. The lowest BCUT2D eigenvalue weighted by atomic mass is 10.3. The van der Waals surface area contributed by atoms with E-state index in [4.69, 9.17) is 0 Å². The first-order chi connectivity index (χ1) is 5.15. The number of imidazole rings is 1. The summed E-state index contributed by atoms with van der Waals surface area (Å²) < 4.78 is 0. The molecule has 4 nitrogen and oxygen atoms in total. The second-order valence-electron chi connectivity index (χ2n) is 2.12. The average molecular weight is 219 g/mol. The zero-order valence-corrected chi connectivity index (χ0v) is 7.49. The lowest BCUT2D eigenvalue weighted by Crippen LogP contribution is -2.02. The number of hydrogen-bond acceptors (Lipinski definition) is 2. The molecule has 0 amide bonds. The molecule has 1 heterocycles. The molecule has 5 heteroatoms. The normalized spacial score (nSPS) is 10.0. The number of halogens is 1. The molecule has 0 aliphatic heterocycles. The maximum absolute atomic E-state index is 10.8. The Hall–Kier alpha value is -0.840. The molecular formula is C6H7BrN2O2. The van der Waals surface area contributed by atoms with E-state index in [2.05, 4.69) is 25.9 Å². The highest BCUT2D eigenvalue weighted by atomic mass is 79.9. The van der Waals surface area contributed by atoms with E-state index in [1.54, 1.807) is 0 Å². The second-order valence-corrected chi connectivity index (χ2v) is 2.68. The molecule has 0 fully saturated rings. The van der Waals surface area contributed by atoms with Gasteiger partial charge in [-0.25, -0.2) is 4.79 Å². The van der Waals surface area contributed by atoms with Crippen LogP contribution in [-0.4, -0.2) is 15.8 Å². The zero-order chi connectivity index (χ0) is 8.43. The summed E-state index contributed by atoms with van der Waals surface area (Å²) in [6.07, 6.45) is 0. The maximum atomic E-state index is 10.8. The third-order valence-electron chi connectivity index (χ3n) is 1.29. The summed E-state index contributed by atoms with van der Waals surface area (Å²) in [5.41, 5.74) is 0.610. The lowest BCUT2D eigenvalue weighted by Gasteiger charge is -1.91. The summed E-state index contributed by atoms with van der Waals surface area (Å²) in [5.74, 6) is -0.141. The topological polar surface area (TPSA) is 65.7 Å². The van der Waals surface area contributed by atoms with Crippen LogP contribution in [-0.2, 0) is 5.33 Å². The van der Waals surface area contributed by atoms with Gasteiger partial charge in [-0.2, -0.15) is 0 Å². The first kappa shape index (κ1) is 8.26. The van der Waals surface area contributed by atoms with Gasteiger partial charge in [-0.15, -0.1) is 0 Å². The summed E-state index contributed by atoms with van der Waals surface area (Å²) in [7, 11) is 0. The van der Waals surface area contributed by atoms with Crippen LogP contribution < -0.4 is 5.69 Å². The third-order valence-corrected chi connectivity index (χ3v) is 1.85. The van der Waals surface area contributed by atoms with Crippen molar-refractivity contribution < 1.29 is 4.79 Å². The van der Waals surface area contributed by atoms with E-state index in [0.717, 1.165) is 0 Å². The number of Topliss-reactive ketones (excluding diaryl/α,β-unsaturated/α-hetero) is 1. The van der Waals surface area contributed by atoms with E-state index >= 15 is 0 Å². The molecule has 0 aromatic carbocycles. The molecule has 0 unspecified atom stereocenters. The fourth-order valence-corrected chi connectivity index (χ4v) is 1.24. The van der Waals surface area contributed by atoms with Crippen molar-refractivity contribution in [3.8, 4) is 0 Å². The lowest BCUT2D eigenvalue weighted by molar-refractivity contribution is 0.101. The Labute approximate surface area is 71.1 Å². The van der Waals surface area contributed by atoms with E-state index < -0.39 is 0 Å². The van der Waals surface area contributed by atoms with Gasteiger partial charge in [-0.3, -0.25) is 4.79 Å². The van der Waals surface area contributed by atoms with Gasteiger partial charge in [0.25, 0.3) is 0 Å². The van der Waals surface area contributed by atoms with Crippen molar-refractivity contribution in [1.29, 1.82) is 0 Å². The van der Waals surface area contributed by atoms with Crippen molar-refractivity contribution in [2.24, 2.45) is 0 Å². The van der Waals surface area contributed by atoms with Crippen LogP contribution in [0, 0.1) is 0 Å². The van der Waals surface area contributed by atoms with E-state index in [1.807, 2.05) is 0 Å². The molecule has 11 heavy (non-hydrogen) atoms. The van der Waals surface area contributed by atoms with Crippen LogP contribution in [0.4, 0.5) is 0 Å². The molecule has 1 aromatic heterocycles. The highest BCUT2D eigenvalue weighted by Crippen LogP contribution is 2.05. The molecule has 0 saturated carbocycles. The second kappa shape index (κ2) is 3.04. The Morgan fingerprint density at radius 2 is 2.18 bits per heavy atom. The molecular weight excluding hydrogens is 212 g/mol. The highest BCUT2D eigenvalue weighted by molar-refractivity contribution is 9.08. The van der Waals surface area contributed by atoms with Gasteiger partial charge in [0.2, 0.25) is 0 Å². The molecule has 1 aromatic rings. The predicted octanol–water partition coefficient (Wildman–Crippen LogP) is 0.800. The van der Waals surface area contributed by atoms with Crippen LogP contribution in [0.1, 0.15) is 23.1 Å². The standard InChI is InChI=1S/C6H7BrN2O2/c1-3(10)5-4(2-7)8-6(11)9-5/h2H2,1H3,(H2,8,9,11). The molecule has 0 saturated heterocycles. The summed E-state index contributed by atoms with van der Waals surface area (Å²) in [4.78, 5) is 26.4. The van der Waals surface area contributed by atoms with Crippen molar-refractivity contribution >= 4 is 21.7 Å². The maximum Gasteiger partial charge on any atom is 0.323 e. The first-order valence-electron chi connectivity index (χ1n) is 3.03. The van der Waals surface area contributed by atoms with Crippen molar-refractivity contribution in [2.45, 2.75) is 12.3 Å². The molecule has 2 N–H and O–H groups in total. The van der Waals surface area contributed by atoms with Gasteiger partial charge < -0.3 is 9.97 Å². The average Bonchev–Trinajstić information content (AvgIpc) is 2.30. The van der Waals surface area contributed by atoms with Crippen molar-refractivity contribution in [3.63, 3.8) is 0 Å². The van der Waals surface area contributed by atoms with Crippen LogP contribution in [0.15, 0.2) is 4.79 Å². The van der Waals surface area contributed by atoms with Crippen LogP contribution in [0.3, 0.4) is 0 Å². The molecule has 0 atom stereocenters. The Morgan fingerprint density at radius 3 is 2.55 bits per heavy atom. The van der Waals surface area contributed by atoms with Crippen LogP contribution >= 0.6 is 15.9 Å². The minimum Gasteiger partial charge on any atom is -0.308 e. The number of carbonyl (C=O) groups excluding carboxylic acids is 1. The Morgan fingerprint density at radius 1 is 1.55 bits per heavy atom. The Bertz CT molecular complexity index is 326. The summed E-state index contributed by atoms with van der Waals surface area (Å²) in [6.45, 7) is 1.41. The van der Waals surface area contributed by atoms with Gasteiger partial charge in [-0.1, -0.05) is 15.9 Å². The van der Waals surface area contributed by atoms with Gasteiger partial charge in [0, 0.05) is 12.3 Å². The van der Waals surface area contributed by atoms with E-state index in [-0.39, 0.29) is 11.5 Å². The minimum absolute atomic E-state index is 0.141. The zero-order valence-electron chi connectivity index (χ0n) is 5.90. The summed E-state index contributed by atoms with van der Waals surface area (Å²) in [5, 5.41) is 0.473. The van der Waals surface area contributed by atoms with E-state index in [1.165, 1.54) is 6.92 Å². The highest BCUT2D eigenvalue weighted by Gasteiger charge is 2.08. The number of aromatic amines is 2. The van der Waals surface area contributed by atoms with Gasteiger partial charge in [-0.05, 0) is 0 Å². The molecule has 0 bridgehead atoms. The molecule has 0 radical (unpaired) electrons. The monoisotopic (exact) mass is 218 g/mol. The number of aromatic nitrogens is 2. The van der Waals surface area contributed by atoms with E-state index in [0.29, 0.717) is 16.7 Å². The van der Waals surface area contributed by atoms with Crippen LogP contribution in [0.5, 0.6) is 0 Å². The molecule has 1 rings (SSSR count). The van der Waals surface area contributed by atoms with Gasteiger partial charge >= 0.3 is 5.69 Å². The Balaban J connectivity index is 3.23. The fourth-order valence-electron chi connectivity index (χ4n) is 0.820. The number of nitrogens with one attached hydrogen (secondary N) is 2. The smallest absolute Gasteiger partial charge is 0.308 e. The number of alkyl halides is 1. The van der Waals surface area contributed by atoms with E-state index in [9.17, 15) is 9.59 Å². The van der Waals surface area contributed by atoms with Crippen molar-refractivity contribution in [2.75, 3.05) is 0 Å². The summed E-state index contributed by atoms with van der Waals surface area (Å²) in [6, 6.07) is 0.